The maximum absolute atomic E-state index is 12.5. The lowest BCUT2D eigenvalue weighted by molar-refractivity contribution is 0.0468. The maximum Gasteiger partial charge on any atom is 0.242 e. The van der Waals surface area contributed by atoms with Crippen LogP contribution in [0.5, 0.6) is 0 Å². The molecule has 0 amide bonds. The van der Waals surface area contributed by atoms with Crippen LogP contribution in [-0.4, -0.2) is 59.1 Å². The number of hydrogen-bond acceptors (Lipinski definition) is 4. The largest absolute Gasteiger partial charge is 0.376 e. The number of sulfonamides is 1. The van der Waals surface area contributed by atoms with Gasteiger partial charge in [0.05, 0.1) is 17.6 Å². The molecule has 0 spiro atoms. The van der Waals surface area contributed by atoms with Crippen LogP contribution in [0.25, 0.3) is 0 Å². The highest BCUT2D eigenvalue weighted by Gasteiger charge is 2.20. The number of benzene rings is 1. The molecular formula is C20H35IN4O3S. The third-order valence-electron chi connectivity index (χ3n) is 4.95. The summed E-state index contributed by atoms with van der Waals surface area (Å²) in [5, 5.41) is 6.42. The van der Waals surface area contributed by atoms with Crippen LogP contribution in [0.15, 0.2) is 34.2 Å². The molecule has 7 nitrogen and oxygen atoms in total. The average molecular weight is 538 g/mol. The van der Waals surface area contributed by atoms with Crippen LogP contribution in [0.2, 0.25) is 0 Å². The van der Waals surface area contributed by atoms with E-state index in [0.717, 1.165) is 12.8 Å². The van der Waals surface area contributed by atoms with Crippen molar-refractivity contribution in [3.05, 3.63) is 29.8 Å². The lowest BCUT2D eigenvalue weighted by Crippen LogP contribution is -2.39. The van der Waals surface area contributed by atoms with Gasteiger partial charge in [0.25, 0.3) is 0 Å². The quantitative estimate of drug-likeness (QED) is 0.175. The highest BCUT2D eigenvalue weighted by atomic mass is 127. The minimum atomic E-state index is -3.49. The van der Waals surface area contributed by atoms with Gasteiger partial charge >= 0.3 is 0 Å². The molecule has 0 radical (unpaired) electrons. The molecule has 9 heteroatoms. The summed E-state index contributed by atoms with van der Waals surface area (Å²) in [4.78, 5) is 4.51. The summed E-state index contributed by atoms with van der Waals surface area (Å²) >= 11 is 0. The molecule has 1 saturated carbocycles. The predicted molar refractivity (Wildman–Crippen MR) is 128 cm³/mol. The fourth-order valence-electron chi connectivity index (χ4n) is 3.30. The Labute approximate surface area is 192 Å². The van der Waals surface area contributed by atoms with E-state index in [-0.39, 0.29) is 24.0 Å². The van der Waals surface area contributed by atoms with Crippen molar-refractivity contribution in [3.8, 4) is 0 Å². The van der Waals surface area contributed by atoms with E-state index >= 15 is 0 Å². The molecule has 29 heavy (non-hydrogen) atoms. The van der Waals surface area contributed by atoms with Gasteiger partial charge in [-0.05, 0) is 24.5 Å². The minimum Gasteiger partial charge on any atom is -0.376 e. The Morgan fingerprint density at radius 1 is 1.14 bits per heavy atom. The molecule has 0 aliphatic heterocycles. The summed E-state index contributed by atoms with van der Waals surface area (Å²) in [6, 6.07) is 7.01. The first kappa shape index (κ1) is 26.1. The Morgan fingerprint density at radius 2 is 1.79 bits per heavy atom. The van der Waals surface area contributed by atoms with Gasteiger partial charge < -0.3 is 15.4 Å². The molecule has 1 aliphatic rings. The van der Waals surface area contributed by atoms with E-state index in [1.807, 2.05) is 12.1 Å². The number of hydrogen-bond donors (Lipinski definition) is 2. The van der Waals surface area contributed by atoms with Gasteiger partial charge in [0.15, 0.2) is 5.96 Å². The van der Waals surface area contributed by atoms with E-state index in [1.54, 1.807) is 19.2 Å². The predicted octanol–water partition coefficient (Wildman–Crippen LogP) is 2.96. The highest BCUT2D eigenvalue weighted by molar-refractivity contribution is 14.0. The highest BCUT2D eigenvalue weighted by Crippen LogP contribution is 2.20. The fraction of sp³-hybridized carbons (Fsp3) is 0.650. The second-order valence-electron chi connectivity index (χ2n) is 7.23. The SMILES string of the molecule is CN=C(NCCOC1CCCCCC1)NCc1ccccc1S(=O)(=O)N(C)C.I. The van der Waals surface area contributed by atoms with Gasteiger partial charge in [-0.2, -0.15) is 0 Å². The smallest absolute Gasteiger partial charge is 0.242 e. The molecule has 2 rings (SSSR count). The monoisotopic (exact) mass is 538 g/mol. The van der Waals surface area contributed by atoms with Crippen molar-refractivity contribution < 1.29 is 13.2 Å². The van der Waals surface area contributed by atoms with Crippen LogP contribution in [0.3, 0.4) is 0 Å². The topological polar surface area (TPSA) is 83.0 Å². The Balaban J connectivity index is 0.00000420. The Morgan fingerprint density at radius 3 is 2.41 bits per heavy atom. The second kappa shape index (κ2) is 13.4. The molecule has 0 atom stereocenters. The summed E-state index contributed by atoms with van der Waals surface area (Å²) in [5.41, 5.74) is 0.703. The van der Waals surface area contributed by atoms with Crippen LogP contribution in [0.1, 0.15) is 44.1 Å². The molecule has 0 unspecified atom stereocenters. The van der Waals surface area contributed by atoms with Crippen molar-refractivity contribution in [1.29, 1.82) is 0 Å². The molecule has 1 fully saturated rings. The summed E-state index contributed by atoms with van der Waals surface area (Å²) in [5.74, 6) is 0.626. The van der Waals surface area contributed by atoms with Crippen LogP contribution < -0.4 is 10.6 Å². The van der Waals surface area contributed by atoms with Crippen molar-refractivity contribution in [2.45, 2.75) is 56.1 Å². The number of nitrogens with zero attached hydrogens (tertiary/aromatic N) is 2. The van der Waals surface area contributed by atoms with Crippen molar-refractivity contribution in [3.63, 3.8) is 0 Å². The molecule has 2 N–H and O–H groups in total. The van der Waals surface area contributed by atoms with Crippen LogP contribution in [0, 0.1) is 0 Å². The summed E-state index contributed by atoms with van der Waals surface area (Å²) in [6.45, 7) is 1.66. The molecule has 166 valence electrons. The molecule has 1 aromatic carbocycles. The van der Waals surface area contributed by atoms with Crippen LogP contribution >= 0.6 is 24.0 Å². The Hall–Kier alpha value is -0.910. The van der Waals surface area contributed by atoms with Crippen LogP contribution in [0.4, 0.5) is 0 Å². The lowest BCUT2D eigenvalue weighted by Gasteiger charge is -2.18. The number of halogens is 1. The van der Waals surface area contributed by atoms with Crippen molar-refractivity contribution >= 4 is 40.0 Å². The molecular weight excluding hydrogens is 503 g/mol. The van der Waals surface area contributed by atoms with Crippen molar-refractivity contribution in [1.82, 2.24) is 14.9 Å². The first-order valence-corrected chi connectivity index (χ1v) is 11.5. The molecule has 0 bridgehead atoms. The van der Waals surface area contributed by atoms with E-state index in [0.29, 0.717) is 42.2 Å². The van der Waals surface area contributed by atoms with Gasteiger partial charge in [0.1, 0.15) is 0 Å². The Kier molecular flexibility index (Phi) is 12.1. The van der Waals surface area contributed by atoms with Gasteiger partial charge in [-0.15, -0.1) is 24.0 Å². The Bertz CT molecular complexity index is 733. The maximum atomic E-state index is 12.5. The first-order valence-electron chi connectivity index (χ1n) is 10.0. The minimum absolute atomic E-state index is 0. The standard InChI is InChI=1S/C20H34N4O3S.HI/c1-21-20(22-14-15-27-18-11-6-4-5-7-12-18)23-16-17-10-8-9-13-19(17)28(25,26)24(2)3;/h8-10,13,18H,4-7,11-12,14-16H2,1-3H3,(H2,21,22,23);1H. The van der Waals surface area contributed by atoms with Gasteiger partial charge in [0, 0.05) is 34.2 Å². The third-order valence-corrected chi connectivity index (χ3v) is 6.87. The number of guanidine groups is 1. The zero-order valence-corrected chi connectivity index (χ0v) is 20.8. The zero-order valence-electron chi connectivity index (χ0n) is 17.7. The molecule has 0 aromatic heterocycles. The summed E-state index contributed by atoms with van der Waals surface area (Å²) in [7, 11) is 1.28. The van der Waals surface area contributed by atoms with Gasteiger partial charge in [-0.25, -0.2) is 12.7 Å². The van der Waals surface area contributed by atoms with Crippen LogP contribution in [-0.2, 0) is 21.3 Å². The lowest BCUT2D eigenvalue weighted by atomic mass is 10.1. The second-order valence-corrected chi connectivity index (χ2v) is 9.35. The number of rotatable bonds is 8. The number of aliphatic imine (C=N–C) groups is 1. The molecule has 1 aliphatic carbocycles. The number of ether oxygens (including phenoxy) is 1. The number of nitrogens with one attached hydrogen (secondary N) is 2. The van der Waals surface area contributed by atoms with E-state index in [1.165, 1.54) is 44.1 Å². The van der Waals surface area contributed by atoms with E-state index in [9.17, 15) is 8.42 Å². The zero-order chi connectivity index (χ0) is 20.4. The average Bonchev–Trinajstić information content (AvgIpc) is 2.96. The summed E-state index contributed by atoms with van der Waals surface area (Å²) in [6.07, 6.45) is 7.85. The molecule has 1 aromatic rings. The van der Waals surface area contributed by atoms with Gasteiger partial charge in [-0.3, -0.25) is 4.99 Å². The first-order chi connectivity index (χ1) is 13.4. The van der Waals surface area contributed by atoms with Gasteiger partial charge in [-0.1, -0.05) is 43.9 Å². The third kappa shape index (κ3) is 8.39. The summed E-state index contributed by atoms with van der Waals surface area (Å²) < 4.78 is 32.2. The van der Waals surface area contributed by atoms with E-state index in [2.05, 4.69) is 15.6 Å². The van der Waals surface area contributed by atoms with E-state index < -0.39 is 10.0 Å². The fourth-order valence-corrected chi connectivity index (χ4v) is 4.42. The normalized spacial score (nSPS) is 16.2. The van der Waals surface area contributed by atoms with Crippen molar-refractivity contribution in [2.24, 2.45) is 4.99 Å². The van der Waals surface area contributed by atoms with E-state index in [4.69, 9.17) is 4.74 Å². The van der Waals surface area contributed by atoms with Crippen molar-refractivity contribution in [2.75, 3.05) is 34.3 Å². The molecule has 0 saturated heterocycles. The molecule has 0 heterocycles. The van der Waals surface area contributed by atoms with Gasteiger partial charge in [0.2, 0.25) is 10.0 Å².